The Labute approximate surface area is 128 Å². The summed E-state index contributed by atoms with van der Waals surface area (Å²) in [5.41, 5.74) is 1.38. The van der Waals surface area contributed by atoms with Gasteiger partial charge in [-0.2, -0.15) is 0 Å². The van der Waals surface area contributed by atoms with Crippen molar-refractivity contribution in [2.24, 2.45) is 0 Å². The maximum absolute atomic E-state index is 12.0. The molecule has 3 nitrogen and oxygen atoms in total. The smallest absolute Gasteiger partial charge is 0.185 e. The van der Waals surface area contributed by atoms with Gasteiger partial charge in [0, 0.05) is 10.5 Å². The number of methoxy groups -OCH3 is 1. The average Bonchev–Trinajstić information content (AvgIpc) is 2.52. The Morgan fingerprint density at radius 2 is 1.90 bits per heavy atom. The van der Waals surface area contributed by atoms with Crippen LogP contribution in [-0.2, 0) is 0 Å². The van der Waals surface area contributed by atoms with Crippen LogP contribution in [0.5, 0.6) is 11.5 Å². The van der Waals surface area contributed by atoms with Gasteiger partial charge < -0.3 is 9.84 Å². The predicted molar refractivity (Wildman–Crippen MR) is 86.2 cm³/mol. The van der Waals surface area contributed by atoms with Crippen LogP contribution in [0.1, 0.15) is 15.9 Å². The molecule has 0 aliphatic rings. The molecule has 0 atom stereocenters. The highest BCUT2D eigenvalue weighted by atomic mass is 32.2. The first-order valence-corrected chi connectivity index (χ1v) is 7.60. The van der Waals surface area contributed by atoms with Crippen molar-refractivity contribution in [3.63, 3.8) is 0 Å². The highest BCUT2D eigenvalue weighted by Gasteiger charge is 2.03. The summed E-state index contributed by atoms with van der Waals surface area (Å²) < 4.78 is 4.97. The van der Waals surface area contributed by atoms with E-state index in [4.69, 9.17) is 4.74 Å². The number of phenols is 1. The fraction of sp³-hybridized carbons (Fsp3) is 0.118. The number of ketones is 1. The Hall–Kier alpha value is -2.20. The summed E-state index contributed by atoms with van der Waals surface area (Å²) in [4.78, 5) is 13.2. The summed E-state index contributed by atoms with van der Waals surface area (Å²) in [5, 5.41) is 9.69. The van der Waals surface area contributed by atoms with Crippen LogP contribution in [0, 0.1) is 0 Å². The zero-order chi connectivity index (χ0) is 15.2. The minimum absolute atomic E-state index is 0.0522. The molecule has 0 heterocycles. The maximum atomic E-state index is 12.0. The molecule has 0 aliphatic heterocycles. The van der Waals surface area contributed by atoms with Crippen LogP contribution >= 0.6 is 11.8 Å². The Morgan fingerprint density at radius 3 is 2.48 bits per heavy atom. The van der Waals surface area contributed by atoms with E-state index in [0.29, 0.717) is 11.3 Å². The molecular weight excluding hydrogens is 284 g/mol. The van der Waals surface area contributed by atoms with Gasteiger partial charge in [0.15, 0.2) is 17.3 Å². The summed E-state index contributed by atoms with van der Waals surface area (Å²) in [7, 11) is 1.49. The Morgan fingerprint density at radius 1 is 1.19 bits per heavy atom. The van der Waals surface area contributed by atoms with Crippen molar-refractivity contribution in [2.75, 3.05) is 13.4 Å². The molecule has 108 valence electrons. The molecule has 0 saturated carbocycles. The third kappa shape index (κ3) is 3.89. The Balaban J connectivity index is 2.12. The number of hydrogen-bond donors (Lipinski definition) is 1. The zero-order valence-electron chi connectivity index (χ0n) is 11.9. The van der Waals surface area contributed by atoms with E-state index >= 15 is 0 Å². The molecule has 0 unspecified atom stereocenters. The van der Waals surface area contributed by atoms with Crippen molar-refractivity contribution in [3.8, 4) is 11.5 Å². The lowest BCUT2D eigenvalue weighted by molar-refractivity contribution is 0.104. The maximum Gasteiger partial charge on any atom is 0.185 e. The molecule has 0 aliphatic carbocycles. The van der Waals surface area contributed by atoms with Gasteiger partial charge in [-0.25, -0.2) is 0 Å². The first kappa shape index (κ1) is 15.2. The van der Waals surface area contributed by atoms with Crippen molar-refractivity contribution in [3.05, 3.63) is 59.7 Å². The predicted octanol–water partition coefficient (Wildman–Crippen LogP) is 4.02. The van der Waals surface area contributed by atoms with E-state index in [2.05, 4.69) is 0 Å². The van der Waals surface area contributed by atoms with Crippen molar-refractivity contribution >= 4 is 23.6 Å². The number of hydrogen-bond acceptors (Lipinski definition) is 4. The third-order valence-electron chi connectivity index (χ3n) is 3.00. The normalized spacial score (nSPS) is 10.8. The number of ether oxygens (including phenoxy) is 1. The van der Waals surface area contributed by atoms with Crippen molar-refractivity contribution in [1.29, 1.82) is 0 Å². The van der Waals surface area contributed by atoms with E-state index in [1.807, 2.05) is 30.5 Å². The van der Waals surface area contributed by atoms with Crippen LogP contribution in [0.4, 0.5) is 0 Å². The van der Waals surface area contributed by atoms with E-state index < -0.39 is 0 Å². The van der Waals surface area contributed by atoms with Crippen LogP contribution in [0.25, 0.3) is 6.08 Å². The van der Waals surface area contributed by atoms with Crippen molar-refractivity contribution in [1.82, 2.24) is 0 Å². The van der Waals surface area contributed by atoms with E-state index in [0.717, 1.165) is 10.5 Å². The summed E-state index contributed by atoms with van der Waals surface area (Å²) in [6.07, 6.45) is 5.16. The molecule has 0 spiro atoms. The molecule has 0 bridgehead atoms. The summed E-state index contributed by atoms with van der Waals surface area (Å²) >= 11 is 1.64. The number of rotatable bonds is 5. The van der Waals surface area contributed by atoms with Gasteiger partial charge in [0.25, 0.3) is 0 Å². The third-order valence-corrected chi connectivity index (χ3v) is 3.75. The Kier molecular flexibility index (Phi) is 5.06. The van der Waals surface area contributed by atoms with Crippen LogP contribution in [0.2, 0.25) is 0 Å². The SMILES string of the molecule is COc1ccc(/C=C/C(=O)c2ccc(SC)cc2)cc1O. The molecule has 2 aromatic rings. The zero-order valence-corrected chi connectivity index (χ0v) is 12.7. The molecule has 21 heavy (non-hydrogen) atoms. The van der Waals surface area contributed by atoms with Gasteiger partial charge in [-0.05, 0) is 54.3 Å². The number of aromatic hydroxyl groups is 1. The van der Waals surface area contributed by atoms with Crippen LogP contribution in [0.15, 0.2) is 53.4 Å². The minimum Gasteiger partial charge on any atom is -0.504 e. The second kappa shape index (κ2) is 6.99. The molecule has 0 radical (unpaired) electrons. The summed E-state index contributed by atoms with van der Waals surface area (Å²) in [6.45, 7) is 0. The van der Waals surface area contributed by atoms with Gasteiger partial charge in [0.05, 0.1) is 7.11 Å². The lowest BCUT2D eigenvalue weighted by Gasteiger charge is -2.03. The number of benzene rings is 2. The summed E-state index contributed by atoms with van der Waals surface area (Å²) in [6, 6.07) is 12.5. The van der Waals surface area contributed by atoms with E-state index in [1.165, 1.54) is 13.2 Å². The monoisotopic (exact) mass is 300 g/mol. The second-order valence-corrected chi connectivity index (χ2v) is 5.24. The first-order valence-electron chi connectivity index (χ1n) is 6.37. The highest BCUT2D eigenvalue weighted by molar-refractivity contribution is 7.98. The Bertz CT molecular complexity index is 660. The summed E-state index contributed by atoms with van der Waals surface area (Å²) in [5.74, 6) is 0.389. The van der Waals surface area contributed by atoms with E-state index in [1.54, 1.807) is 36.0 Å². The molecule has 0 amide bonds. The van der Waals surface area contributed by atoms with E-state index in [-0.39, 0.29) is 11.5 Å². The number of allylic oxidation sites excluding steroid dienone is 1. The quantitative estimate of drug-likeness (QED) is 0.515. The van der Waals surface area contributed by atoms with Gasteiger partial charge in [-0.3, -0.25) is 4.79 Å². The highest BCUT2D eigenvalue weighted by Crippen LogP contribution is 2.26. The fourth-order valence-electron chi connectivity index (χ4n) is 1.83. The lowest BCUT2D eigenvalue weighted by Crippen LogP contribution is -1.93. The molecule has 2 aromatic carbocycles. The van der Waals surface area contributed by atoms with Crippen LogP contribution in [0.3, 0.4) is 0 Å². The fourth-order valence-corrected chi connectivity index (χ4v) is 2.24. The molecule has 0 saturated heterocycles. The molecule has 0 fully saturated rings. The van der Waals surface area contributed by atoms with Gasteiger partial charge >= 0.3 is 0 Å². The largest absolute Gasteiger partial charge is 0.504 e. The lowest BCUT2D eigenvalue weighted by atomic mass is 10.1. The number of carbonyl (C=O) groups excluding carboxylic acids is 1. The van der Waals surface area contributed by atoms with Gasteiger partial charge in [0.2, 0.25) is 0 Å². The molecule has 2 rings (SSSR count). The number of phenolic OH excluding ortho intramolecular Hbond substituents is 1. The van der Waals surface area contributed by atoms with Crippen LogP contribution in [-0.4, -0.2) is 24.3 Å². The standard InChI is InChI=1S/C17H16O3S/c1-20-17-10-4-12(11-16(17)19)3-9-15(18)13-5-7-14(21-2)8-6-13/h3-11,19H,1-2H3/b9-3+. The van der Waals surface area contributed by atoms with E-state index in [9.17, 15) is 9.90 Å². The minimum atomic E-state index is -0.0713. The molecule has 1 N–H and O–H groups in total. The number of thioether (sulfide) groups is 1. The van der Waals surface area contributed by atoms with Gasteiger partial charge in [-0.1, -0.05) is 12.1 Å². The van der Waals surface area contributed by atoms with Crippen molar-refractivity contribution < 1.29 is 14.6 Å². The first-order chi connectivity index (χ1) is 10.1. The van der Waals surface area contributed by atoms with Crippen molar-refractivity contribution in [2.45, 2.75) is 4.90 Å². The molecular formula is C17H16O3S. The number of carbonyl (C=O) groups is 1. The van der Waals surface area contributed by atoms with Crippen LogP contribution < -0.4 is 4.74 Å². The second-order valence-electron chi connectivity index (χ2n) is 4.36. The molecule has 0 aromatic heterocycles. The van der Waals surface area contributed by atoms with Gasteiger partial charge in [-0.15, -0.1) is 11.8 Å². The molecule has 4 heteroatoms. The average molecular weight is 300 g/mol. The topological polar surface area (TPSA) is 46.5 Å². The van der Waals surface area contributed by atoms with Gasteiger partial charge in [0.1, 0.15) is 0 Å².